The molecule has 2 aromatic rings. The number of ether oxygens (including phenoxy) is 2. The van der Waals surface area contributed by atoms with Gasteiger partial charge in [-0.3, -0.25) is 4.79 Å². The molecule has 0 saturated heterocycles. The molecule has 6 nitrogen and oxygen atoms in total. The number of hydrogen-bond acceptors (Lipinski definition) is 4. The van der Waals surface area contributed by atoms with Gasteiger partial charge in [-0.15, -0.1) is 0 Å². The van der Waals surface area contributed by atoms with Gasteiger partial charge in [0.25, 0.3) is 0 Å². The molecule has 6 heteroatoms. The van der Waals surface area contributed by atoms with Gasteiger partial charge in [0.05, 0.1) is 6.10 Å². The Morgan fingerprint density at radius 3 is 2.29 bits per heavy atom. The zero-order valence-electron chi connectivity index (χ0n) is 16.4. The van der Waals surface area contributed by atoms with Gasteiger partial charge in [-0.1, -0.05) is 60.7 Å². The summed E-state index contributed by atoms with van der Waals surface area (Å²) in [6.45, 7) is 4.80. The fourth-order valence-electron chi connectivity index (χ4n) is 2.52. The molecule has 2 N–H and O–H groups in total. The second-order valence-electron chi connectivity index (χ2n) is 6.50. The Morgan fingerprint density at radius 1 is 0.964 bits per heavy atom. The van der Waals surface area contributed by atoms with Gasteiger partial charge in [-0.2, -0.15) is 0 Å². The minimum atomic E-state index is -0.674. The van der Waals surface area contributed by atoms with Crippen LogP contribution in [0.4, 0.5) is 4.79 Å². The Balaban J connectivity index is 1.57. The quantitative estimate of drug-likeness (QED) is 0.614. The summed E-state index contributed by atoms with van der Waals surface area (Å²) in [6, 6.07) is 18.7. The highest BCUT2D eigenvalue weighted by atomic mass is 16.5. The van der Waals surface area contributed by atoms with Crippen molar-refractivity contribution in [2.24, 2.45) is 0 Å². The van der Waals surface area contributed by atoms with E-state index in [0.717, 1.165) is 11.1 Å². The summed E-state index contributed by atoms with van der Waals surface area (Å²) in [5.41, 5.74) is 2.01. The number of hydrogen-bond donors (Lipinski definition) is 2. The molecule has 1 unspecified atom stereocenters. The minimum absolute atomic E-state index is 0.0110. The number of alkyl carbamates (subject to hydrolysis) is 1. The van der Waals surface area contributed by atoms with Crippen molar-refractivity contribution >= 4 is 12.0 Å². The molecule has 0 heterocycles. The van der Waals surface area contributed by atoms with Crippen LogP contribution >= 0.6 is 0 Å². The first-order chi connectivity index (χ1) is 13.6. The van der Waals surface area contributed by atoms with E-state index in [9.17, 15) is 9.59 Å². The first-order valence-electron chi connectivity index (χ1n) is 9.47. The van der Waals surface area contributed by atoms with Gasteiger partial charge in [-0.25, -0.2) is 4.79 Å². The Bertz CT molecular complexity index is 722. The molecule has 0 bridgehead atoms. The molecule has 0 radical (unpaired) electrons. The monoisotopic (exact) mass is 384 g/mol. The number of carbonyl (C=O) groups excluding carboxylic acids is 2. The van der Waals surface area contributed by atoms with Gasteiger partial charge in [-0.05, 0) is 31.4 Å². The van der Waals surface area contributed by atoms with E-state index in [1.54, 1.807) is 6.92 Å². The van der Waals surface area contributed by atoms with Crippen LogP contribution in [0.2, 0.25) is 0 Å². The van der Waals surface area contributed by atoms with Crippen molar-refractivity contribution in [2.45, 2.75) is 39.0 Å². The molecular formula is C22H28N2O4. The van der Waals surface area contributed by atoms with Crippen molar-refractivity contribution in [3.8, 4) is 0 Å². The van der Waals surface area contributed by atoms with Gasteiger partial charge in [0.1, 0.15) is 12.6 Å². The van der Waals surface area contributed by atoms with Gasteiger partial charge in [0.2, 0.25) is 5.91 Å². The Kier molecular flexibility index (Phi) is 9.01. The van der Waals surface area contributed by atoms with Crippen molar-refractivity contribution in [1.29, 1.82) is 0 Å². The summed E-state index contributed by atoms with van der Waals surface area (Å²) in [7, 11) is 0. The molecule has 2 aromatic carbocycles. The molecule has 2 amide bonds. The molecule has 0 saturated carbocycles. The predicted molar refractivity (Wildman–Crippen MR) is 108 cm³/mol. The van der Waals surface area contributed by atoms with E-state index in [1.165, 1.54) is 0 Å². The van der Waals surface area contributed by atoms with Crippen molar-refractivity contribution in [3.05, 3.63) is 71.8 Å². The van der Waals surface area contributed by atoms with Crippen LogP contribution in [0, 0.1) is 0 Å². The van der Waals surface area contributed by atoms with Crippen molar-refractivity contribution in [2.75, 3.05) is 13.2 Å². The fraction of sp³-hybridized carbons (Fsp3) is 0.364. The maximum absolute atomic E-state index is 12.0. The average molecular weight is 384 g/mol. The Labute approximate surface area is 166 Å². The van der Waals surface area contributed by atoms with Crippen LogP contribution in [0.15, 0.2) is 60.7 Å². The predicted octanol–water partition coefficient (Wildman–Crippen LogP) is 3.59. The molecule has 0 aromatic heterocycles. The third-order valence-electron chi connectivity index (χ3n) is 4.20. The third-order valence-corrected chi connectivity index (χ3v) is 4.20. The summed E-state index contributed by atoms with van der Waals surface area (Å²) >= 11 is 0. The lowest BCUT2D eigenvalue weighted by molar-refractivity contribution is -0.122. The number of nitrogens with one attached hydrogen (secondary N) is 2. The van der Waals surface area contributed by atoms with E-state index in [2.05, 4.69) is 10.6 Å². The summed E-state index contributed by atoms with van der Waals surface area (Å²) in [4.78, 5) is 23.8. The van der Waals surface area contributed by atoms with Crippen LogP contribution in [-0.4, -0.2) is 31.2 Å². The topological polar surface area (TPSA) is 76.7 Å². The second kappa shape index (κ2) is 11.8. The first-order valence-corrected chi connectivity index (χ1v) is 9.47. The largest absolute Gasteiger partial charge is 0.445 e. The van der Waals surface area contributed by atoms with Crippen LogP contribution in [0.1, 0.15) is 37.5 Å². The summed E-state index contributed by atoms with van der Waals surface area (Å²) in [6.07, 6.45) is 0.0806. The summed E-state index contributed by atoms with van der Waals surface area (Å²) in [5, 5.41) is 5.31. The number of benzene rings is 2. The number of carbonyl (C=O) groups is 2. The lowest BCUT2D eigenvalue weighted by Gasteiger charge is -2.15. The molecule has 2 rings (SSSR count). The van der Waals surface area contributed by atoms with Crippen LogP contribution in [0.3, 0.4) is 0 Å². The van der Waals surface area contributed by atoms with Gasteiger partial charge in [0.15, 0.2) is 0 Å². The van der Waals surface area contributed by atoms with E-state index >= 15 is 0 Å². The maximum atomic E-state index is 12.0. The highest BCUT2D eigenvalue weighted by molar-refractivity contribution is 5.85. The average Bonchev–Trinajstić information content (AvgIpc) is 2.73. The smallest absolute Gasteiger partial charge is 0.408 e. The van der Waals surface area contributed by atoms with E-state index in [4.69, 9.17) is 9.47 Å². The number of rotatable bonds is 10. The van der Waals surface area contributed by atoms with Crippen molar-refractivity contribution in [1.82, 2.24) is 10.6 Å². The Hall–Kier alpha value is -2.86. The molecule has 0 fully saturated rings. The third kappa shape index (κ3) is 7.80. The van der Waals surface area contributed by atoms with E-state index in [0.29, 0.717) is 19.6 Å². The van der Waals surface area contributed by atoms with Crippen molar-refractivity contribution in [3.63, 3.8) is 0 Å². The van der Waals surface area contributed by atoms with E-state index in [1.807, 2.05) is 67.6 Å². The van der Waals surface area contributed by atoms with Gasteiger partial charge < -0.3 is 20.1 Å². The van der Waals surface area contributed by atoms with E-state index in [-0.39, 0.29) is 18.6 Å². The molecular weight excluding hydrogens is 356 g/mol. The van der Waals surface area contributed by atoms with Gasteiger partial charge >= 0.3 is 6.09 Å². The molecule has 28 heavy (non-hydrogen) atoms. The normalized spacial score (nSPS) is 12.6. The van der Waals surface area contributed by atoms with Crippen molar-refractivity contribution < 1.29 is 19.1 Å². The molecule has 0 aliphatic rings. The van der Waals surface area contributed by atoms with Gasteiger partial charge in [0, 0.05) is 13.2 Å². The second-order valence-corrected chi connectivity index (χ2v) is 6.50. The lowest BCUT2D eigenvalue weighted by atomic mass is 10.1. The molecule has 0 spiro atoms. The first kappa shape index (κ1) is 21.4. The maximum Gasteiger partial charge on any atom is 0.408 e. The molecule has 2 atom stereocenters. The SMILES string of the molecule is CC(OCCCNC(=O)[C@H](C)NC(=O)OCc1ccccc1)c1ccccc1. The highest BCUT2D eigenvalue weighted by Gasteiger charge is 2.16. The molecule has 0 aliphatic heterocycles. The zero-order chi connectivity index (χ0) is 20.2. The number of amides is 2. The fourth-order valence-corrected chi connectivity index (χ4v) is 2.52. The van der Waals surface area contributed by atoms with E-state index < -0.39 is 12.1 Å². The Morgan fingerprint density at radius 2 is 1.61 bits per heavy atom. The standard InChI is InChI=1S/C22H28N2O4/c1-17(24-22(26)28-16-19-10-5-3-6-11-19)21(25)23-14-9-15-27-18(2)20-12-7-4-8-13-20/h3-8,10-13,17-18H,9,14-16H2,1-2H3,(H,23,25)(H,24,26)/t17-,18?/m0/s1. The van der Waals surface area contributed by atoms with Crippen LogP contribution in [0.25, 0.3) is 0 Å². The molecule has 150 valence electrons. The summed E-state index contributed by atoms with van der Waals surface area (Å²) < 4.78 is 10.9. The minimum Gasteiger partial charge on any atom is -0.445 e. The lowest BCUT2D eigenvalue weighted by Crippen LogP contribution is -2.45. The summed E-state index contributed by atoms with van der Waals surface area (Å²) in [5.74, 6) is -0.257. The molecule has 0 aliphatic carbocycles. The van der Waals surface area contributed by atoms with Crippen LogP contribution < -0.4 is 10.6 Å². The van der Waals surface area contributed by atoms with Crippen LogP contribution in [0.5, 0.6) is 0 Å². The zero-order valence-corrected chi connectivity index (χ0v) is 16.4. The van der Waals surface area contributed by atoms with Crippen LogP contribution in [-0.2, 0) is 20.9 Å². The highest BCUT2D eigenvalue weighted by Crippen LogP contribution is 2.15.